The number of unbranched alkanes of at least 4 members (excludes halogenated alkanes) is 1. The maximum absolute atomic E-state index is 12.9. The van der Waals surface area contributed by atoms with Crippen molar-refractivity contribution in [1.29, 1.82) is 0 Å². The normalized spacial score (nSPS) is 11.0. The Morgan fingerprint density at radius 1 is 0.900 bits per heavy atom. The zero-order chi connectivity index (χ0) is 22.1. The second kappa shape index (κ2) is 10.8. The Balaban J connectivity index is 2.38. The number of anilines is 1. The summed E-state index contributed by atoms with van der Waals surface area (Å²) < 4.78 is 38.1. The number of benzene rings is 2. The monoisotopic (exact) mass is 433 g/mol. The molecule has 2 rings (SSSR count). The van der Waals surface area contributed by atoms with E-state index in [1.165, 1.54) is 30.3 Å². The van der Waals surface area contributed by atoms with Crippen molar-refractivity contribution < 1.29 is 27.5 Å². The molecule has 7 nitrogen and oxygen atoms in total. The SMILES string of the molecule is CCCCc1ccc(S(=O)(=O)Nc2cc(C(=O)OCC)ccc2C(=O)OCC)cc1. The lowest BCUT2D eigenvalue weighted by Crippen LogP contribution is -2.17. The van der Waals surface area contributed by atoms with Crippen LogP contribution in [0.5, 0.6) is 0 Å². The average Bonchev–Trinajstić information content (AvgIpc) is 2.72. The third-order valence-corrected chi connectivity index (χ3v) is 5.70. The zero-order valence-electron chi connectivity index (χ0n) is 17.4. The molecule has 2 aromatic carbocycles. The molecule has 0 aliphatic heterocycles. The van der Waals surface area contributed by atoms with Gasteiger partial charge in [0.2, 0.25) is 0 Å². The molecule has 2 aromatic rings. The number of carbonyl (C=O) groups is 2. The highest BCUT2D eigenvalue weighted by molar-refractivity contribution is 7.92. The summed E-state index contributed by atoms with van der Waals surface area (Å²) in [6, 6.07) is 10.6. The van der Waals surface area contributed by atoms with Gasteiger partial charge in [0.15, 0.2) is 0 Å². The molecular formula is C22H27NO6S. The molecule has 0 heterocycles. The summed E-state index contributed by atoms with van der Waals surface area (Å²) in [5.74, 6) is -1.31. The van der Waals surface area contributed by atoms with Gasteiger partial charge in [0.1, 0.15) is 0 Å². The van der Waals surface area contributed by atoms with Crippen LogP contribution in [0.4, 0.5) is 5.69 Å². The fourth-order valence-corrected chi connectivity index (χ4v) is 3.85. The Labute approximate surface area is 177 Å². The summed E-state index contributed by atoms with van der Waals surface area (Å²) in [6.45, 7) is 5.70. The lowest BCUT2D eigenvalue weighted by atomic mass is 10.1. The Morgan fingerprint density at radius 2 is 1.53 bits per heavy atom. The van der Waals surface area contributed by atoms with Crippen molar-refractivity contribution in [2.45, 2.75) is 44.9 Å². The summed E-state index contributed by atoms with van der Waals surface area (Å²) in [7, 11) is -3.99. The van der Waals surface area contributed by atoms with E-state index < -0.39 is 22.0 Å². The van der Waals surface area contributed by atoms with Crippen LogP contribution in [0.1, 0.15) is 59.9 Å². The van der Waals surface area contributed by atoms with Gasteiger partial charge in [-0.15, -0.1) is 0 Å². The molecule has 0 bridgehead atoms. The van der Waals surface area contributed by atoms with Crippen LogP contribution in [-0.4, -0.2) is 33.6 Å². The van der Waals surface area contributed by atoms with Crippen LogP contribution in [0.3, 0.4) is 0 Å². The third kappa shape index (κ3) is 6.06. The molecule has 0 saturated carbocycles. The number of aryl methyl sites for hydroxylation is 1. The maximum Gasteiger partial charge on any atom is 0.340 e. The van der Waals surface area contributed by atoms with Gasteiger partial charge in [-0.3, -0.25) is 4.72 Å². The van der Waals surface area contributed by atoms with Crippen LogP contribution in [-0.2, 0) is 25.9 Å². The molecule has 0 aliphatic rings. The molecular weight excluding hydrogens is 406 g/mol. The van der Waals surface area contributed by atoms with E-state index in [4.69, 9.17) is 9.47 Å². The van der Waals surface area contributed by atoms with Crippen LogP contribution in [0, 0.1) is 0 Å². The first-order valence-corrected chi connectivity index (χ1v) is 11.4. The molecule has 1 N–H and O–H groups in total. The molecule has 30 heavy (non-hydrogen) atoms. The predicted octanol–water partition coefficient (Wildman–Crippen LogP) is 4.18. The van der Waals surface area contributed by atoms with E-state index in [2.05, 4.69) is 11.6 Å². The standard InChI is InChI=1S/C22H27NO6S/c1-4-7-8-16-9-12-18(13-10-16)30(26,27)23-20-15-17(21(24)28-5-2)11-14-19(20)22(25)29-6-3/h9-15,23H,4-8H2,1-3H3. The number of nitrogens with one attached hydrogen (secondary N) is 1. The minimum atomic E-state index is -3.99. The van der Waals surface area contributed by atoms with Gasteiger partial charge in [-0.2, -0.15) is 0 Å². The van der Waals surface area contributed by atoms with Crippen molar-refractivity contribution in [3.05, 3.63) is 59.2 Å². The van der Waals surface area contributed by atoms with Gasteiger partial charge in [-0.25, -0.2) is 18.0 Å². The number of hydrogen-bond donors (Lipinski definition) is 1. The topological polar surface area (TPSA) is 98.8 Å². The van der Waals surface area contributed by atoms with Gasteiger partial charge in [0.05, 0.1) is 34.9 Å². The van der Waals surface area contributed by atoms with Crippen molar-refractivity contribution in [1.82, 2.24) is 0 Å². The molecule has 0 unspecified atom stereocenters. The number of carbonyl (C=O) groups excluding carboxylic acids is 2. The van der Waals surface area contributed by atoms with E-state index in [0.717, 1.165) is 24.8 Å². The van der Waals surface area contributed by atoms with Gasteiger partial charge in [0, 0.05) is 0 Å². The lowest BCUT2D eigenvalue weighted by molar-refractivity contribution is 0.0512. The van der Waals surface area contributed by atoms with Crippen LogP contribution < -0.4 is 4.72 Å². The summed E-state index contributed by atoms with van der Waals surface area (Å²) in [5.41, 5.74) is 1.13. The van der Waals surface area contributed by atoms with E-state index in [1.54, 1.807) is 26.0 Å². The third-order valence-electron chi connectivity index (χ3n) is 4.32. The molecule has 0 atom stereocenters. The maximum atomic E-state index is 12.9. The first-order chi connectivity index (χ1) is 14.3. The Morgan fingerprint density at radius 3 is 2.13 bits per heavy atom. The molecule has 0 radical (unpaired) electrons. The van der Waals surface area contributed by atoms with Crippen molar-refractivity contribution in [3.8, 4) is 0 Å². The molecule has 0 saturated heterocycles. The largest absolute Gasteiger partial charge is 0.462 e. The van der Waals surface area contributed by atoms with Gasteiger partial charge < -0.3 is 9.47 Å². The van der Waals surface area contributed by atoms with Crippen molar-refractivity contribution in [2.75, 3.05) is 17.9 Å². The fourth-order valence-electron chi connectivity index (χ4n) is 2.78. The molecule has 162 valence electrons. The number of rotatable bonds is 10. The second-order valence-corrected chi connectivity index (χ2v) is 8.24. The highest BCUT2D eigenvalue weighted by Crippen LogP contribution is 2.24. The quantitative estimate of drug-likeness (QED) is 0.564. The average molecular weight is 434 g/mol. The Bertz CT molecular complexity index is 983. The molecule has 0 amide bonds. The smallest absolute Gasteiger partial charge is 0.340 e. The molecule has 0 spiro atoms. The molecule has 0 aliphatic carbocycles. The molecule has 0 fully saturated rings. The summed E-state index contributed by atoms with van der Waals surface area (Å²) in [5, 5.41) is 0. The van der Waals surface area contributed by atoms with E-state index in [1.807, 2.05) is 0 Å². The van der Waals surface area contributed by atoms with Crippen LogP contribution in [0.15, 0.2) is 47.4 Å². The van der Waals surface area contributed by atoms with Crippen molar-refractivity contribution in [3.63, 3.8) is 0 Å². The summed E-state index contributed by atoms with van der Waals surface area (Å²) in [4.78, 5) is 24.4. The number of ether oxygens (including phenoxy) is 2. The molecule has 0 aromatic heterocycles. The first kappa shape index (κ1) is 23.4. The first-order valence-electron chi connectivity index (χ1n) is 9.92. The van der Waals surface area contributed by atoms with Gasteiger partial charge in [-0.05, 0) is 62.6 Å². The van der Waals surface area contributed by atoms with E-state index >= 15 is 0 Å². The van der Waals surface area contributed by atoms with Gasteiger partial charge >= 0.3 is 11.9 Å². The second-order valence-electron chi connectivity index (χ2n) is 6.55. The predicted molar refractivity (Wildman–Crippen MR) is 114 cm³/mol. The zero-order valence-corrected chi connectivity index (χ0v) is 18.3. The van der Waals surface area contributed by atoms with Gasteiger partial charge in [-0.1, -0.05) is 25.5 Å². The van der Waals surface area contributed by atoms with E-state index in [9.17, 15) is 18.0 Å². The minimum absolute atomic E-state index is 0.00744. The Hall–Kier alpha value is -2.87. The number of hydrogen-bond acceptors (Lipinski definition) is 6. The van der Waals surface area contributed by atoms with Gasteiger partial charge in [0.25, 0.3) is 10.0 Å². The Kier molecular flexibility index (Phi) is 8.41. The summed E-state index contributed by atoms with van der Waals surface area (Å²) in [6.07, 6.45) is 2.95. The fraction of sp³-hybridized carbons (Fsp3) is 0.364. The van der Waals surface area contributed by atoms with E-state index in [-0.39, 0.29) is 34.9 Å². The molecule has 8 heteroatoms. The van der Waals surface area contributed by atoms with E-state index in [0.29, 0.717) is 0 Å². The number of sulfonamides is 1. The van der Waals surface area contributed by atoms with Crippen molar-refractivity contribution in [2.24, 2.45) is 0 Å². The van der Waals surface area contributed by atoms with Crippen LogP contribution >= 0.6 is 0 Å². The van der Waals surface area contributed by atoms with Crippen molar-refractivity contribution >= 4 is 27.6 Å². The number of esters is 2. The minimum Gasteiger partial charge on any atom is -0.462 e. The van der Waals surface area contributed by atoms with Crippen LogP contribution in [0.25, 0.3) is 0 Å². The van der Waals surface area contributed by atoms with Crippen LogP contribution in [0.2, 0.25) is 0 Å². The lowest BCUT2D eigenvalue weighted by Gasteiger charge is -2.14. The highest BCUT2D eigenvalue weighted by atomic mass is 32.2. The summed E-state index contributed by atoms with van der Waals surface area (Å²) >= 11 is 0. The highest BCUT2D eigenvalue weighted by Gasteiger charge is 2.21.